The number of aliphatic hydroxyl groups is 1. The van der Waals surface area contributed by atoms with Crippen LogP contribution in [0.25, 0.3) is 0 Å². The summed E-state index contributed by atoms with van der Waals surface area (Å²) in [5, 5.41) is 13.4. The summed E-state index contributed by atoms with van der Waals surface area (Å²) in [5.41, 5.74) is -0.240. The Morgan fingerprint density at radius 2 is 1.96 bits per heavy atom. The summed E-state index contributed by atoms with van der Waals surface area (Å²) in [4.78, 5) is 6.49. The highest BCUT2D eigenvalue weighted by molar-refractivity contribution is 9.10. The number of nitrogens with zero attached hydrogens (tertiary/aromatic N) is 3. The maximum Gasteiger partial charge on any atom is 0.244 e. The number of pyridine rings is 1. The smallest absolute Gasteiger partial charge is 0.244 e. The molecule has 1 saturated heterocycles. The summed E-state index contributed by atoms with van der Waals surface area (Å²) in [6.07, 6.45) is 1.76. The van der Waals surface area contributed by atoms with Crippen LogP contribution in [-0.2, 0) is 10.0 Å². The number of rotatable bonds is 5. The van der Waals surface area contributed by atoms with Crippen LogP contribution >= 0.6 is 15.9 Å². The lowest BCUT2D eigenvalue weighted by Gasteiger charge is -2.50. The molecule has 7 nitrogen and oxygen atoms in total. The van der Waals surface area contributed by atoms with Crippen LogP contribution in [0.3, 0.4) is 0 Å². The van der Waals surface area contributed by atoms with E-state index < -0.39 is 16.1 Å². The van der Waals surface area contributed by atoms with Crippen LogP contribution in [0.5, 0.6) is 0 Å². The molecule has 0 radical (unpaired) electrons. The van der Waals surface area contributed by atoms with E-state index in [1.54, 1.807) is 6.07 Å². The molecule has 0 aromatic carbocycles. The van der Waals surface area contributed by atoms with E-state index in [-0.39, 0.29) is 21.9 Å². The second kappa shape index (κ2) is 6.41. The van der Waals surface area contributed by atoms with Gasteiger partial charge in [0.05, 0.1) is 16.6 Å². The zero-order chi connectivity index (χ0) is 19.5. The Kier molecular flexibility index (Phi) is 4.93. The first kappa shape index (κ1) is 20.0. The molecule has 0 unspecified atom stereocenters. The van der Waals surface area contributed by atoms with Gasteiger partial charge < -0.3 is 15.3 Å². The van der Waals surface area contributed by atoms with Crippen molar-refractivity contribution in [3.05, 3.63) is 16.7 Å². The molecule has 0 spiro atoms. The fraction of sp³-hybridized carbons (Fsp3) is 0.706. The average molecular weight is 447 g/mol. The molecule has 1 saturated carbocycles. The normalized spacial score (nSPS) is 27.7. The van der Waals surface area contributed by atoms with E-state index in [4.69, 9.17) is 0 Å². The number of hydrogen-bond donors (Lipinski definition) is 2. The van der Waals surface area contributed by atoms with Gasteiger partial charge in [-0.3, -0.25) is 0 Å². The molecule has 0 amide bonds. The van der Waals surface area contributed by atoms with Gasteiger partial charge in [-0.2, -0.15) is 4.31 Å². The van der Waals surface area contributed by atoms with Crippen molar-refractivity contribution in [3.63, 3.8) is 0 Å². The molecule has 1 aliphatic carbocycles. The maximum absolute atomic E-state index is 12.8. The quantitative estimate of drug-likeness (QED) is 0.716. The first-order valence-electron chi connectivity index (χ1n) is 8.65. The molecule has 1 aliphatic heterocycles. The van der Waals surface area contributed by atoms with Gasteiger partial charge in [-0.15, -0.1) is 0 Å². The number of hydrogen-bond acceptors (Lipinski definition) is 6. The van der Waals surface area contributed by atoms with Crippen molar-refractivity contribution in [3.8, 4) is 0 Å². The van der Waals surface area contributed by atoms with Gasteiger partial charge in [0.2, 0.25) is 10.0 Å². The second-order valence-electron chi connectivity index (χ2n) is 8.55. The van der Waals surface area contributed by atoms with Gasteiger partial charge in [0.1, 0.15) is 10.7 Å². The van der Waals surface area contributed by atoms with Crippen molar-refractivity contribution in [1.29, 1.82) is 0 Å². The minimum absolute atomic E-state index is 0.0764. The molecule has 146 valence electrons. The van der Waals surface area contributed by atoms with Gasteiger partial charge in [-0.05, 0) is 54.9 Å². The van der Waals surface area contributed by atoms with Crippen LogP contribution in [0.4, 0.5) is 5.82 Å². The van der Waals surface area contributed by atoms with Crippen molar-refractivity contribution in [1.82, 2.24) is 14.2 Å². The topological polar surface area (TPSA) is 85.8 Å². The third-order valence-corrected chi connectivity index (χ3v) is 8.18. The standard InChI is InChI=1S/C17H27BrN4O3S/c1-16(2)7-13(14(16)23)20-15-12(18)6-11(8-19-15)26(24,25)22-9-17(3,10-22)21(4)5/h6,8,13-14,23H,7,9-10H2,1-5H3,(H,19,20)/t13-,14-/m1/s1. The zero-order valence-electron chi connectivity index (χ0n) is 15.8. The minimum Gasteiger partial charge on any atom is -0.390 e. The highest BCUT2D eigenvalue weighted by Gasteiger charge is 2.48. The largest absolute Gasteiger partial charge is 0.390 e. The fourth-order valence-electron chi connectivity index (χ4n) is 3.47. The maximum atomic E-state index is 12.8. The lowest BCUT2D eigenvalue weighted by atomic mass is 9.65. The molecule has 9 heteroatoms. The van der Waals surface area contributed by atoms with Gasteiger partial charge in [-0.1, -0.05) is 13.8 Å². The molecule has 0 bridgehead atoms. The van der Waals surface area contributed by atoms with Crippen molar-refractivity contribution in [2.75, 3.05) is 32.5 Å². The van der Waals surface area contributed by atoms with E-state index in [1.165, 1.54) is 10.5 Å². The Labute approximate surface area is 164 Å². The first-order chi connectivity index (χ1) is 11.9. The summed E-state index contributed by atoms with van der Waals surface area (Å²) in [7, 11) is 0.356. The summed E-state index contributed by atoms with van der Waals surface area (Å²) < 4.78 is 27.7. The highest BCUT2D eigenvalue weighted by atomic mass is 79.9. The van der Waals surface area contributed by atoms with Crippen LogP contribution in [0.15, 0.2) is 21.6 Å². The Bertz CT molecular complexity index is 806. The second-order valence-corrected chi connectivity index (χ2v) is 11.3. The number of aromatic nitrogens is 1. The third kappa shape index (κ3) is 3.28. The van der Waals surface area contributed by atoms with Crippen LogP contribution in [0.1, 0.15) is 27.2 Å². The summed E-state index contributed by atoms with van der Waals surface area (Å²) in [5.74, 6) is 0.547. The monoisotopic (exact) mass is 446 g/mol. The molecule has 26 heavy (non-hydrogen) atoms. The van der Waals surface area contributed by atoms with Crippen LogP contribution in [0, 0.1) is 5.41 Å². The van der Waals surface area contributed by atoms with Gasteiger partial charge in [0, 0.05) is 24.8 Å². The van der Waals surface area contributed by atoms with Gasteiger partial charge >= 0.3 is 0 Å². The molecule has 2 N–H and O–H groups in total. The van der Waals surface area contributed by atoms with Crippen molar-refractivity contribution < 1.29 is 13.5 Å². The first-order valence-corrected chi connectivity index (χ1v) is 10.9. The highest BCUT2D eigenvalue weighted by Crippen LogP contribution is 2.42. The number of sulfonamides is 1. The number of aliphatic hydroxyl groups excluding tert-OH is 1. The van der Waals surface area contributed by atoms with Gasteiger partial charge in [0.15, 0.2) is 0 Å². The molecule has 2 fully saturated rings. The van der Waals surface area contributed by atoms with E-state index in [9.17, 15) is 13.5 Å². The molecule has 2 aliphatic rings. The Morgan fingerprint density at radius 3 is 2.42 bits per heavy atom. The Morgan fingerprint density at radius 1 is 1.35 bits per heavy atom. The third-order valence-electron chi connectivity index (χ3n) is 5.82. The minimum atomic E-state index is -3.56. The molecule has 2 heterocycles. The lowest BCUT2D eigenvalue weighted by molar-refractivity contribution is -0.0515. The van der Waals surface area contributed by atoms with Gasteiger partial charge in [-0.25, -0.2) is 13.4 Å². The Hall–Kier alpha value is -0.740. The van der Waals surface area contributed by atoms with Gasteiger partial charge in [0.25, 0.3) is 0 Å². The molecule has 1 aromatic heterocycles. The molecule has 1 aromatic rings. The van der Waals surface area contributed by atoms with Crippen LogP contribution in [0.2, 0.25) is 0 Å². The van der Waals surface area contributed by atoms with E-state index in [2.05, 4.69) is 26.2 Å². The zero-order valence-corrected chi connectivity index (χ0v) is 18.2. The van der Waals surface area contributed by atoms with E-state index in [1.807, 2.05) is 39.8 Å². The summed E-state index contributed by atoms with van der Waals surface area (Å²) in [6.45, 7) is 7.00. The number of likely N-dealkylation sites (N-methyl/N-ethyl adjacent to an activating group) is 1. The summed E-state index contributed by atoms with van der Waals surface area (Å²) in [6, 6.07) is 1.50. The predicted octanol–water partition coefficient (Wildman–Crippen LogP) is 1.74. The lowest BCUT2D eigenvalue weighted by Crippen LogP contribution is -2.67. The molecule has 3 rings (SSSR count). The number of halogens is 1. The predicted molar refractivity (Wildman–Crippen MR) is 105 cm³/mol. The summed E-state index contributed by atoms with van der Waals surface area (Å²) >= 11 is 3.41. The molecule has 2 atom stereocenters. The SMILES string of the molecule is CN(C)C1(C)CN(S(=O)(=O)c2cnc(N[C@@H]3CC(C)(C)[C@@H]3O)c(Br)c2)C1. The average Bonchev–Trinajstić information content (AvgIpc) is 2.52. The van der Waals surface area contributed by atoms with E-state index >= 15 is 0 Å². The molecular formula is C17H27BrN4O3S. The Balaban J connectivity index is 1.72. The van der Waals surface area contributed by atoms with Crippen molar-refractivity contribution >= 4 is 31.8 Å². The number of anilines is 1. The van der Waals surface area contributed by atoms with Crippen molar-refractivity contribution in [2.45, 2.75) is 49.8 Å². The van der Waals surface area contributed by atoms with E-state index in [0.29, 0.717) is 23.4 Å². The molecular weight excluding hydrogens is 420 g/mol. The fourth-order valence-corrected chi connectivity index (χ4v) is 5.73. The van der Waals surface area contributed by atoms with Crippen LogP contribution in [-0.4, -0.2) is 72.6 Å². The van der Waals surface area contributed by atoms with Crippen molar-refractivity contribution in [2.24, 2.45) is 5.41 Å². The van der Waals surface area contributed by atoms with Crippen LogP contribution < -0.4 is 5.32 Å². The number of nitrogens with one attached hydrogen (secondary N) is 1. The van der Waals surface area contributed by atoms with E-state index in [0.717, 1.165) is 6.42 Å².